The standard InChI is InChI=1S/C35H55NO4/c1-22-10-9-16-35(31(39)36(7)8)19-14-26-24(30(22)35)11-12-28-33(5)18-15-27(40-29(38)20-32(3,4)21-37)23(2)25(33)13-17-34(26,28)6/h11,21-23,25-28,30H,9-10,12-20H2,1-8H3. The number of esters is 1. The number of aldehydes is 1. The first-order valence-corrected chi connectivity index (χ1v) is 16.3. The van der Waals surface area contributed by atoms with Crippen LogP contribution in [0.4, 0.5) is 0 Å². The van der Waals surface area contributed by atoms with Gasteiger partial charge in [-0.2, -0.15) is 0 Å². The van der Waals surface area contributed by atoms with E-state index in [1.165, 1.54) is 25.7 Å². The number of carbonyl (C=O) groups excluding carboxylic acids is 3. The van der Waals surface area contributed by atoms with Gasteiger partial charge in [-0.1, -0.05) is 66.0 Å². The quantitative estimate of drug-likeness (QED) is 0.205. The van der Waals surface area contributed by atoms with Gasteiger partial charge in [-0.15, -0.1) is 0 Å². The molecular formula is C35H55NO4. The Kier molecular flexibility index (Phi) is 7.65. The third-order valence-corrected chi connectivity index (χ3v) is 13.1. The molecule has 0 saturated heterocycles. The van der Waals surface area contributed by atoms with Gasteiger partial charge in [0.15, 0.2) is 0 Å². The highest BCUT2D eigenvalue weighted by atomic mass is 16.5. The van der Waals surface area contributed by atoms with Gasteiger partial charge >= 0.3 is 5.97 Å². The first kappa shape index (κ1) is 29.8. The van der Waals surface area contributed by atoms with Crippen LogP contribution in [0.1, 0.15) is 112 Å². The first-order chi connectivity index (χ1) is 18.7. The molecule has 5 rings (SSSR count). The van der Waals surface area contributed by atoms with Crippen LogP contribution in [0.2, 0.25) is 0 Å². The zero-order chi connectivity index (χ0) is 29.3. The molecule has 40 heavy (non-hydrogen) atoms. The molecule has 0 N–H and O–H groups in total. The maximum Gasteiger partial charge on any atom is 0.307 e. The highest BCUT2D eigenvalue weighted by Gasteiger charge is 2.64. The number of carbonyl (C=O) groups is 3. The monoisotopic (exact) mass is 553 g/mol. The number of rotatable bonds is 5. The predicted octanol–water partition coefficient (Wildman–Crippen LogP) is 7.23. The zero-order valence-corrected chi connectivity index (χ0v) is 26.6. The van der Waals surface area contributed by atoms with Crippen molar-refractivity contribution >= 4 is 18.2 Å². The number of fused-ring (bicyclic) bond motifs is 7. The predicted molar refractivity (Wildman–Crippen MR) is 158 cm³/mol. The van der Waals surface area contributed by atoms with Crippen LogP contribution in [0.5, 0.6) is 0 Å². The fraction of sp³-hybridized carbons (Fsp3) is 0.857. The molecular weight excluding hydrogens is 498 g/mol. The van der Waals surface area contributed by atoms with E-state index < -0.39 is 5.41 Å². The van der Waals surface area contributed by atoms with Gasteiger partial charge in [-0.3, -0.25) is 9.59 Å². The molecule has 1 amide bonds. The maximum atomic E-state index is 13.8. The van der Waals surface area contributed by atoms with E-state index in [0.717, 1.165) is 44.8 Å². The summed E-state index contributed by atoms with van der Waals surface area (Å²) in [6.07, 6.45) is 14.8. The van der Waals surface area contributed by atoms with E-state index in [1.807, 2.05) is 19.0 Å². The summed E-state index contributed by atoms with van der Waals surface area (Å²) in [6, 6.07) is 0. The lowest BCUT2D eigenvalue weighted by Crippen LogP contribution is -2.61. The maximum absolute atomic E-state index is 13.8. The van der Waals surface area contributed by atoms with Crippen LogP contribution in [-0.2, 0) is 19.1 Å². The van der Waals surface area contributed by atoms with Gasteiger partial charge in [0.05, 0.1) is 11.8 Å². The molecule has 5 heteroatoms. The molecule has 0 bridgehead atoms. The van der Waals surface area contributed by atoms with E-state index in [2.05, 4.69) is 33.8 Å². The van der Waals surface area contributed by atoms with E-state index in [4.69, 9.17) is 4.74 Å². The highest BCUT2D eigenvalue weighted by Crippen LogP contribution is 2.70. The second-order valence-electron chi connectivity index (χ2n) is 16.2. The molecule has 4 saturated carbocycles. The van der Waals surface area contributed by atoms with E-state index in [0.29, 0.717) is 41.4 Å². The second-order valence-corrected chi connectivity index (χ2v) is 16.2. The fourth-order valence-electron chi connectivity index (χ4n) is 11.3. The van der Waals surface area contributed by atoms with Crippen LogP contribution in [0.15, 0.2) is 11.6 Å². The fourth-order valence-corrected chi connectivity index (χ4v) is 11.3. The van der Waals surface area contributed by atoms with E-state index in [-0.39, 0.29) is 34.7 Å². The van der Waals surface area contributed by atoms with Gasteiger partial charge in [0.1, 0.15) is 12.4 Å². The van der Waals surface area contributed by atoms with Crippen LogP contribution >= 0.6 is 0 Å². The summed E-state index contributed by atoms with van der Waals surface area (Å²) >= 11 is 0. The number of nitrogens with zero attached hydrogens (tertiary/aromatic N) is 1. The summed E-state index contributed by atoms with van der Waals surface area (Å²) in [4.78, 5) is 39.7. The lowest BCUT2D eigenvalue weighted by molar-refractivity contribution is -0.181. The van der Waals surface area contributed by atoms with Crippen LogP contribution in [-0.4, -0.2) is 43.3 Å². The largest absolute Gasteiger partial charge is 0.462 e. The van der Waals surface area contributed by atoms with Crippen molar-refractivity contribution in [2.75, 3.05) is 14.1 Å². The third-order valence-electron chi connectivity index (χ3n) is 13.1. The number of hydrogen-bond acceptors (Lipinski definition) is 4. The number of ether oxygens (including phenoxy) is 1. The molecule has 5 nitrogen and oxygen atoms in total. The summed E-state index contributed by atoms with van der Waals surface area (Å²) in [7, 11) is 3.90. The second kappa shape index (κ2) is 10.3. The minimum absolute atomic E-state index is 0.0532. The van der Waals surface area contributed by atoms with Crippen LogP contribution in [0.3, 0.4) is 0 Å². The number of allylic oxidation sites excluding steroid dienone is 2. The molecule has 5 aliphatic carbocycles. The molecule has 0 aromatic heterocycles. The van der Waals surface area contributed by atoms with E-state index in [1.54, 1.807) is 19.4 Å². The van der Waals surface area contributed by atoms with Crippen molar-refractivity contribution in [3.05, 3.63) is 11.6 Å². The summed E-state index contributed by atoms with van der Waals surface area (Å²) < 4.78 is 6.06. The Labute approximate surface area is 243 Å². The van der Waals surface area contributed by atoms with Crippen molar-refractivity contribution in [3.63, 3.8) is 0 Å². The summed E-state index contributed by atoms with van der Waals surface area (Å²) in [5.74, 6) is 3.15. The summed E-state index contributed by atoms with van der Waals surface area (Å²) in [5, 5.41) is 0. The van der Waals surface area contributed by atoms with Gasteiger partial charge in [-0.25, -0.2) is 0 Å². The minimum atomic E-state index is -0.674. The summed E-state index contributed by atoms with van der Waals surface area (Å²) in [5.41, 5.74) is 1.25. The van der Waals surface area contributed by atoms with Crippen molar-refractivity contribution in [1.82, 2.24) is 4.90 Å². The van der Waals surface area contributed by atoms with E-state index in [9.17, 15) is 14.4 Å². The van der Waals surface area contributed by atoms with Crippen molar-refractivity contribution in [1.29, 1.82) is 0 Å². The summed E-state index contributed by atoms with van der Waals surface area (Å²) in [6.45, 7) is 13.5. The third kappa shape index (κ3) is 4.51. The molecule has 0 radical (unpaired) electrons. The van der Waals surface area contributed by atoms with Crippen molar-refractivity contribution in [2.45, 2.75) is 118 Å². The van der Waals surface area contributed by atoms with Crippen LogP contribution in [0, 0.1) is 57.2 Å². The smallest absolute Gasteiger partial charge is 0.307 e. The van der Waals surface area contributed by atoms with Gasteiger partial charge in [0.2, 0.25) is 5.91 Å². The van der Waals surface area contributed by atoms with Crippen molar-refractivity contribution in [2.24, 2.45) is 57.2 Å². The topological polar surface area (TPSA) is 63.7 Å². The molecule has 0 spiro atoms. The number of hydrogen-bond donors (Lipinski definition) is 0. The van der Waals surface area contributed by atoms with Gasteiger partial charge in [-0.05, 0) is 97.7 Å². The minimum Gasteiger partial charge on any atom is -0.462 e. The molecule has 5 aliphatic rings. The van der Waals surface area contributed by atoms with Crippen molar-refractivity contribution < 1.29 is 19.1 Å². The normalized spacial score (nSPS) is 44.6. The Bertz CT molecular complexity index is 1060. The Hall–Kier alpha value is -1.65. The van der Waals surface area contributed by atoms with Crippen LogP contribution < -0.4 is 0 Å². The molecule has 0 aliphatic heterocycles. The lowest BCUT2D eigenvalue weighted by atomic mass is 9.38. The molecule has 224 valence electrons. The van der Waals surface area contributed by atoms with Gasteiger partial charge in [0.25, 0.3) is 0 Å². The average molecular weight is 554 g/mol. The Balaban J connectivity index is 1.40. The Morgan fingerprint density at radius 2 is 1.73 bits per heavy atom. The molecule has 10 atom stereocenters. The Morgan fingerprint density at radius 1 is 1.02 bits per heavy atom. The Morgan fingerprint density at radius 3 is 2.40 bits per heavy atom. The molecule has 0 aromatic rings. The van der Waals surface area contributed by atoms with Gasteiger partial charge in [0, 0.05) is 19.5 Å². The van der Waals surface area contributed by atoms with Crippen molar-refractivity contribution in [3.8, 4) is 0 Å². The van der Waals surface area contributed by atoms with E-state index >= 15 is 0 Å². The lowest BCUT2D eigenvalue weighted by Gasteiger charge is -2.66. The van der Waals surface area contributed by atoms with Gasteiger partial charge < -0.3 is 14.4 Å². The molecule has 10 unspecified atom stereocenters. The average Bonchev–Trinajstić information content (AvgIpc) is 2.89. The number of amides is 1. The van der Waals surface area contributed by atoms with Crippen LogP contribution in [0.25, 0.3) is 0 Å². The molecule has 0 aromatic carbocycles. The SMILES string of the molecule is CC1CCCC2(C(=O)N(C)C)CCC3C(=CCC4C3(C)CCC3C(C)C(OC(=O)CC(C)(C)C=O)CCC34C)C12. The first-order valence-electron chi connectivity index (χ1n) is 16.3. The zero-order valence-electron chi connectivity index (χ0n) is 26.6. The highest BCUT2D eigenvalue weighted by molar-refractivity contribution is 5.83. The molecule has 4 fully saturated rings. The molecule has 0 heterocycles.